The van der Waals surface area contributed by atoms with Crippen molar-refractivity contribution in [3.63, 3.8) is 0 Å². The van der Waals surface area contributed by atoms with Crippen LogP contribution in [-0.4, -0.2) is 15.1 Å². The van der Waals surface area contributed by atoms with E-state index in [9.17, 15) is 10.1 Å². The van der Waals surface area contributed by atoms with Gasteiger partial charge in [0.15, 0.2) is 0 Å². The number of benzene rings is 1. The highest BCUT2D eigenvalue weighted by molar-refractivity contribution is 8.25. The largest absolute Gasteiger partial charge is 0.457 e. The Morgan fingerprint density at radius 2 is 2.08 bits per heavy atom. The number of nitrogens with one attached hydrogen (secondary N) is 1. The predicted molar refractivity (Wildman–Crippen MR) is 102 cm³/mol. The van der Waals surface area contributed by atoms with Gasteiger partial charge in [0.05, 0.1) is 21.8 Å². The van der Waals surface area contributed by atoms with Crippen molar-refractivity contribution in [2.24, 2.45) is 5.92 Å². The molecule has 4 nitrogen and oxygen atoms in total. The van der Waals surface area contributed by atoms with Crippen LogP contribution in [0.15, 0.2) is 59.1 Å². The number of hydrogen-bond acceptors (Lipinski definition) is 5. The number of H-pyrrole nitrogens is 1. The maximum atomic E-state index is 12.8. The van der Waals surface area contributed by atoms with Crippen LogP contribution in [0.3, 0.4) is 0 Å². The fraction of sp³-hybridized carbons (Fsp3) is 0.211. The number of esters is 1. The number of thiocarbonyl (C=S) groups is 1. The number of carbonyl (C=O) groups is 1. The van der Waals surface area contributed by atoms with E-state index >= 15 is 0 Å². The highest BCUT2D eigenvalue weighted by atomic mass is 32.2. The quantitative estimate of drug-likeness (QED) is 0.643. The predicted octanol–water partition coefficient (Wildman–Crippen LogP) is 4.33. The lowest BCUT2D eigenvalue weighted by atomic mass is 9.84. The molecule has 1 N–H and O–H groups in total. The number of carbonyl (C=O) groups excluding carboxylic acids is 1. The van der Waals surface area contributed by atoms with Gasteiger partial charge in [0.1, 0.15) is 12.5 Å². The van der Waals surface area contributed by atoms with E-state index < -0.39 is 17.8 Å². The Kier molecular flexibility index (Phi) is 5.37. The number of aromatic amines is 1. The first kappa shape index (κ1) is 17.5. The van der Waals surface area contributed by atoms with Crippen LogP contribution in [-0.2, 0) is 16.1 Å². The van der Waals surface area contributed by atoms with Crippen LogP contribution in [0.1, 0.15) is 24.1 Å². The lowest BCUT2D eigenvalue weighted by Gasteiger charge is -2.29. The molecule has 0 amide bonds. The molecule has 1 aliphatic heterocycles. The molecule has 0 saturated carbocycles. The Bertz CT molecular complexity index is 851. The van der Waals surface area contributed by atoms with Crippen molar-refractivity contribution in [3.05, 3.63) is 70.4 Å². The van der Waals surface area contributed by atoms with Gasteiger partial charge in [-0.2, -0.15) is 5.26 Å². The number of allylic oxidation sites excluding steroid dienone is 1. The van der Waals surface area contributed by atoms with Gasteiger partial charge in [-0.25, -0.2) is 4.79 Å². The summed E-state index contributed by atoms with van der Waals surface area (Å²) in [5, 5.41) is 9.58. The van der Waals surface area contributed by atoms with E-state index in [1.165, 1.54) is 11.8 Å². The van der Waals surface area contributed by atoms with E-state index in [1.54, 1.807) is 6.20 Å². The summed E-state index contributed by atoms with van der Waals surface area (Å²) >= 11 is 6.68. The number of aromatic nitrogens is 1. The topological polar surface area (TPSA) is 65.9 Å². The Morgan fingerprint density at radius 1 is 1.32 bits per heavy atom. The Balaban J connectivity index is 1.90. The third-order valence-electron chi connectivity index (χ3n) is 4.06. The van der Waals surface area contributed by atoms with Gasteiger partial charge in [-0.3, -0.25) is 0 Å². The minimum atomic E-state index is -0.554. The maximum Gasteiger partial charge on any atom is 0.335 e. The van der Waals surface area contributed by atoms with Crippen molar-refractivity contribution < 1.29 is 9.53 Å². The molecule has 2 aromatic rings. The average Bonchev–Trinajstić information content (AvgIpc) is 3.14. The number of nitriles is 1. The SMILES string of the molecule is CC1=C(C(=O)OCc2ccccc2)[C@H](c2ccc[nH]2)[C@H](C#N)C(=S)S1. The van der Waals surface area contributed by atoms with Crippen LogP contribution < -0.4 is 0 Å². The van der Waals surface area contributed by atoms with E-state index in [2.05, 4.69) is 11.1 Å². The zero-order valence-corrected chi connectivity index (χ0v) is 15.2. The van der Waals surface area contributed by atoms with Crippen molar-refractivity contribution in [3.8, 4) is 6.07 Å². The molecule has 1 aromatic carbocycles. The fourth-order valence-corrected chi connectivity index (χ4v) is 4.36. The standard InChI is InChI=1S/C19H16N2O2S2/c1-12-16(18(22)23-11-13-6-3-2-4-7-13)17(15-8-5-9-21-15)14(10-20)19(24)25-12/h2-9,14,17,21H,11H2,1H3/t14-,17-/m0/s1. The molecule has 0 bridgehead atoms. The molecule has 6 heteroatoms. The van der Waals surface area contributed by atoms with Gasteiger partial charge in [0.2, 0.25) is 0 Å². The number of rotatable bonds is 4. The molecule has 0 fully saturated rings. The summed E-state index contributed by atoms with van der Waals surface area (Å²) in [4.78, 5) is 16.7. The van der Waals surface area contributed by atoms with Gasteiger partial charge in [-0.15, -0.1) is 0 Å². The molecule has 0 spiro atoms. The van der Waals surface area contributed by atoms with Gasteiger partial charge in [-0.05, 0) is 29.5 Å². The molecule has 0 saturated heterocycles. The second-order valence-electron chi connectivity index (χ2n) is 5.66. The van der Waals surface area contributed by atoms with Crippen molar-refractivity contribution >= 4 is 34.1 Å². The Labute approximate surface area is 155 Å². The van der Waals surface area contributed by atoms with E-state index in [0.29, 0.717) is 9.77 Å². The molecule has 0 aliphatic carbocycles. The van der Waals surface area contributed by atoms with Crippen LogP contribution >= 0.6 is 24.0 Å². The third kappa shape index (κ3) is 3.68. The smallest absolute Gasteiger partial charge is 0.335 e. The van der Waals surface area contributed by atoms with E-state index in [1.807, 2.05) is 49.4 Å². The highest BCUT2D eigenvalue weighted by Crippen LogP contribution is 2.45. The average molecular weight is 368 g/mol. The Hall–Kier alpha value is -2.36. The molecule has 2 heterocycles. The maximum absolute atomic E-state index is 12.8. The van der Waals surface area contributed by atoms with Crippen molar-refractivity contribution in [1.29, 1.82) is 5.26 Å². The van der Waals surface area contributed by atoms with Gasteiger partial charge < -0.3 is 9.72 Å². The van der Waals surface area contributed by atoms with Crippen LogP contribution in [0, 0.1) is 17.2 Å². The Morgan fingerprint density at radius 3 is 2.72 bits per heavy atom. The minimum Gasteiger partial charge on any atom is -0.457 e. The number of hydrogen-bond donors (Lipinski definition) is 1. The molecule has 1 aliphatic rings. The molecule has 1 aromatic heterocycles. The molecule has 3 rings (SSSR count). The summed E-state index contributed by atoms with van der Waals surface area (Å²) in [7, 11) is 0. The molecule has 25 heavy (non-hydrogen) atoms. The molecular formula is C19H16N2O2S2. The van der Waals surface area contributed by atoms with Crippen molar-refractivity contribution in [2.45, 2.75) is 19.4 Å². The second-order valence-corrected chi connectivity index (χ2v) is 7.62. The normalized spacial score (nSPS) is 20.2. The number of nitrogens with zero attached hydrogens (tertiary/aromatic N) is 1. The molecular weight excluding hydrogens is 352 g/mol. The molecule has 2 atom stereocenters. The summed E-state index contributed by atoms with van der Waals surface area (Å²) in [6.07, 6.45) is 1.77. The van der Waals surface area contributed by atoms with Crippen LogP contribution in [0.25, 0.3) is 0 Å². The summed E-state index contributed by atoms with van der Waals surface area (Å²) in [5.74, 6) is -1.39. The number of ether oxygens (including phenoxy) is 1. The molecule has 0 radical (unpaired) electrons. The fourth-order valence-electron chi connectivity index (χ4n) is 2.86. The van der Waals surface area contributed by atoms with Gasteiger partial charge in [0, 0.05) is 11.9 Å². The third-order valence-corrected chi connectivity index (χ3v) is 5.55. The lowest BCUT2D eigenvalue weighted by Crippen LogP contribution is -2.29. The first-order valence-corrected chi connectivity index (χ1v) is 9.00. The van der Waals surface area contributed by atoms with Crippen LogP contribution in [0.4, 0.5) is 0 Å². The van der Waals surface area contributed by atoms with E-state index in [-0.39, 0.29) is 6.61 Å². The lowest BCUT2D eigenvalue weighted by molar-refractivity contribution is -0.140. The second kappa shape index (κ2) is 7.68. The highest BCUT2D eigenvalue weighted by Gasteiger charge is 2.40. The number of thioether (sulfide) groups is 1. The summed E-state index contributed by atoms with van der Waals surface area (Å²) in [5.41, 5.74) is 2.21. The van der Waals surface area contributed by atoms with Gasteiger partial charge >= 0.3 is 5.97 Å². The summed E-state index contributed by atoms with van der Waals surface area (Å²) < 4.78 is 6.10. The zero-order valence-electron chi connectivity index (χ0n) is 13.6. The molecule has 126 valence electrons. The van der Waals surface area contributed by atoms with Crippen LogP contribution in [0.5, 0.6) is 0 Å². The van der Waals surface area contributed by atoms with E-state index in [0.717, 1.165) is 16.2 Å². The monoisotopic (exact) mass is 368 g/mol. The summed E-state index contributed by atoms with van der Waals surface area (Å²) in [6.45, 7) is 2.04. The minimum absolute atomic E-state index is 0.195. The first-order valence-electron chi connectivity index (χ1n) is 7.78. The van der Waals surface area contributed by atoms with Crippen LogP contribution in [0.2, 0.25) is 0 Å². The first-order chi connectivity index (χ1) is 12.1. The van der Waals surface area contributed by atoms with Crippen molar-refractivity contribution in [2.75, 3.05) is 0 Å². The van der Waals surface area contributed by atoms with E-state index in [4.69, 9.17) is 17.0 Å². The van der Waals surface area contributed by atoms with Gasteiger partial charge in [-0.1, -0.05) is 54.3 Å². The zero-order chi connectivity index (χ0) is 17.8. The summed E-state index contributed by atoms with van der Waals surface area (Å²) in [6, 6.07) is 15.5. The van der Waals surface area contributed by atoms with Crippen molar-refractivity contribution in [1.82, 2.24) is 4.98 Å². The van der Waals surface area contributed by atoms with Gasteiger partial charge in [0.25, 0.3) is 0 Å². The molecule has 0 unspecified atom stereocenters.